The summed E-state index contributed by atoms with van der Waals surface area (Å²) < 4.78 is 0. The van der Waals surface area contributed by atoms with Gasteiger partial charge in [-0.25, -0.2) is 0 Å². The van der Waals surface area contributed by atoms with E-state index < -0.39 is 5.41 Å². The Bertz CT molecular complexity index is 1290. The number of likely N-dealkylation sites (N-methyl/N-ethyl adjacent to an activating group) is 1. The van der Waals surface area contributed by atoms with Crippen LogP contribution < -0.4 is 10.6 Å². The van der Waals surface area contributed by atoms with E-state index in [1.807, 2.05) is 96.8 Å². The third-order valence-corrected chi connectivity index (χ3v) is 8.07. The highest BCUT2D eigenvalue weighted by Gasteiger charge is 2.48. The maximum atomic E-state index is 13.8. The number of piperidine rings is 1. The summed E-state index contributed by atoms with van der Waals surface area (Å²) >= 11 is 0. The van der Waals surface area contributed by atoms with E-state index in [1.165, 1.54) is 0 Å². The highest BCUT2D eigenvalue weighted by Crippen LogP contribution is 2.47. The molecule has 0 bridgehead atoms. The molecular weight excluding hydrogens is 474 g/mol. The zero-order valence-electron chi connectivity index (χ0n) is 21.9. The Labute approximate surface area is 224 Å². The molecule has 6 nitrogen and oxygen atoms in total. The molecule has 1 fully saturated rings. The van der Waals surface area contributed by atoms with Gasteiger partial charge in [-0.3, -0.25) is 14.4 Å². The second kappa shape index (κ2) is 11.2. The van der Waals surface area contributed by atoms with Gasteiger partial charge in [0, 0.05) is 31.2 Å². The molecule has 3 aromatic rings. The fourth-order valence-corrected chi connectivity index (χ4v) is 6.12. The van der Waals surface area contributed by atoms with E-state index in [2.05, 4.69) is 10.6 Å². The number of carbonyl (C=O) groups is 3. The lowest BCUT2D eigenvalue weighted by Gasteiger charge is -2.42. The van der Waals surface area contributed by atoms with E-state index in [0.29, 0.717) is 38.0 Å². The minimum absolute atomic E-state index is 0.0143. The second-order valence-corrected chi connectivity index (χ2v) is 10.2. The first-order chi connectivity index (χ1) is 18.5. The number of amides is 3. The predicted octanol–water partition coefficient (Wildman–Crippen LogP) is 4.41. The molecule has 1 aliphatic heterocycles. The van der Waals surface area contributed by atoms with Crippen LogP contribution in [0.15, 0.2) is 84.9 Å². The molecule has 0 aromatic heterocycles. The van der Waals surface area contributed by atoms with Crippen LogP contribution in [-0.2, 0) is 15.0 Å². The molecule has 5 rings (SSSR count). The first-order valence-corrected chi connectivity index (χ1v) is 13.6. The molecule has 2 atom stereocenters. The van der Waals surface area contributed by atoms with Gasteiger partial charge >= 0.3 is 0 Å². The van der Waals surface area contributed by atoms with Gasteiger partial charge in [0.25, 0.3) is 5.91 Å². The Kier molecular flexibility index (Phi) is 7.59. The molecule has 0 radical (unpaired) electrons. The summed E-state index contributed by atoms with van der Waals surface area (Å²) in [4.78, 5) is 42.0. The van der Waals surface area contributed by atoms with Crippen molar-refractivity contribution in [3.8, 4) is 0 Å². The van der Waals surface area contributed by atoms with Crippen molar-refractivity contribution in [2.75, 3.05) is 19.6 Å². The van der Waals surface area contributed by atoms with Crippen molar-refractivity contribution in [1.29, 1.82) is 0 Å². The van der Waals surface area contributed by atoms with Crippen LogP contribution in [0.2, 0.25) is 0 Å². The van der Waals surface area contributed by atoms with Gasteiger partial charge in [0.15, 0.2) is 0 Å². The monoisotopic (exact) mass is 509 g/mol. The molecule has 0 spiro atoms. The molecule has 1 heterocycles. The van der Waals surface area contributed by atoms with Gasteiger partial charge in [-0.1, -0.05) is 72.8 Å². The third-order valence-electron chi connectivity index (χ3n) is 8.07. The SMILES string of the molecule is CCNC(=O)C1(c2ccccc2)CC[C@@H](C(=O)N2CCC(NC(=O)c3ccccc3)CC2)c2ccccc21. The van der Waals surface area contributed by atoms with E-state index in [9.17, 15) is 14.4 Å². The zero-order valence-corrected chi connectivity index (χ0v) is 21.9. The zero-order chi connectivity index (χ0) is 26.5. The highest BCUT2D eigenvalue weighted by atomic mass is 16.2. The number of nitrogens with zero attached hydrogens (tertiary/aromatic N) is 1. The Morgan fingerprint density at radius 1 is 0.842 bits per heavy atom. The van der Waals surface area contributed by atoms with E-state index in [1.54, 1.807) is 0 Å². The van der Waals surface area contributed by atoms with Crippen LogP contribution in [-0.4, -0.2) is 48.3 Å². The van der Waals surface area contributed by atoms with Crippen LogP contribution in [0.1, 0.15) is 65.6 Å². The van der Waals surface area contributed by atoms with Gasteiger partial charge in [0.1, 0.15) is 0 Å². The van der Waals surface area contributed by atoms with E-state index in [-0.39, 0.29) is 29.7 Å². The number of hydrogen-bond acceptors (Lipinski definition) is 3. The summed E-state index contributed by atoms with van der Waals surface area (Å²) in [7, 11) is 0. The summed E-state index contributed by atoms with van der Waals surface area (Å²) in [5, 5.41) is 6.19. The number of benzene rings is 3. The molecule has 1 saturated heterocycles. The number of rotatable bonds is 6. The molecular formula is C32H35N3O3. The molecule has 3 amide bonds. The number of likely N-dealkylation sites (tertiary alicyclic amines) is 1. The number of carbonyl (C=O) groups excluding carboxylic acids is 3. The third kappa shape index (κ3) is 4.83. The van der Waals surface area contributed by atoms with E-state index >= 15 is 0 Å². The van der Waals surface area contributed by atoms with Crippen molar-refractivity contribution in [3.05, 3.63) is 107 Å². The first kappa shape index (κ1) is 25.7. The van der Waals surface area contributed by atoms with Crippen LogP contribution in [0.5, 0.6) is 0 Å². The molecule has 0 saturated carbocycles. The molecule has 2 aliphatic rings. The fourth-order valence-electron chi connectivity index (χ4n) is 6.12. The summed E-state index contributed by atoms with van der Waals surface area (Å²) in [5.41, 5.74) is 2.66. The molecule has 196 valence electrons. The Morgan fingerprint density at radius 2 is 1.47 bits per heavy atom. The van der Waals surface area contributed by atoms with Crippen LogP contribution in [0.4, 0.5) is 0 Å². The van der Waals surface area contributed by atoms with Crippen LogP contribution >= 0.6 is 0 Å². The average Bonchev–Trinajstić information content (AvgIpc) is 2.97. The molecule has 1 unspecified atom stereocenters. The largest absolute Gasteiger partial charge is 0.355 e. The van der Waals surface area contributed by atoms with Crippen molar-refractivity contribution in [3.63, 3.8) is 0 Å². The Balaban J connectivity index is 1.34. The summed E-state index contributed by atoms with van der Waals surface area (Å²) in [6.07, 6.45) is 2.63. The molecule has 1 aliphatic carbocycles. The molecule has 2 N–H and O–H groups in total. The maximum absolute atomic E-state index is 13.8. The normalized spacial score (nSPS) is 21.3. The minimum Gasteiger partial charge on any atom is -0.355 e. The number of nitrogens with one attached hydrogen (secondary N) is 2. The van der Waals surface area contributed by atoms with Crippen molar-refractivity contribution < 1.29 is 14.4 Å². The lowest BCUT2D eigenvalue weighted by Crippen LogP contribution is -2.51. The maximum Gasteiger partial charge on any atom is 0.251 e. The van der Waals surface area contributed by atoms with Crippen LogP contribution in [0.25, 0.3) is 0 Å². The topological polar surface area (TPSA) is 78.5 Å². The summed E-state index contributed by atoms with van der Waals surface area (Å²) in [5.74, 6) is -0.255. The molecule has 6 heteroatoms. The minimum atomic E-state index is -0.820. The lowest BCUT2D eigenvalue weighted by atomic mass is 9.62. The lowest BCUT2D eigenvalue weighted by molar-refractivity contribution is -0.135. The number of hydrogen-bond donors (Lipinski definition) is 2. The molecule has 38 heavy (non-hydrogen) atoms. The van der Waals surface area contributed by atoms with Crippen molar-refractivity contribution in [2.24, 2.45) is 0 Å². The predicted molar refractivity (Wildman–Crippen MR) is 148 cm³/mol. The fraction of sp³-hybridized carbons (Fsp3) is 0.344. The van der Waals surface area contributed by atoms with Crippen LogP contribution in [0, 0.1) is 0 Å². The summed E-state index contributed by atoms with van der Waals surface area (Å²) in [6.45, 7) is 3.70. The Morgan fingerprint density at radius 3 is 2.16 bits per heavy atom. The van der Waals surface area contributed by atoms with E-state index in [4.69, 9.17) is 0 Å². The quantitative estimate of drug-likeness (QED) is 0.517. The number of fused-ring (bicyclic) bond motifs is 1. The van der Waals surface area contributed by atoms with Gasteiger partial charge < -0.3 is 15.5 Å². The van der Waals surface area contributed by atoms with Gasteiger partial charge in [0.2, 0.25) is 11.8 Å². The van der Waals surface area contributed by atoms with Gasteiger partial charge in [-0.2, -0.15) is 0 Å². The van der Waals surface area contributed by atoms with Gasteiger partial charge in [-0.15, -0.1) is 0 Å². The Hall–Kier alpha value is -3.93. The molecule has 3 aromatic carbocycles. The van der Waals surface area contributed by atoms with Crippen molar-refractivity contribution in [2.45, 2.75) is 50.0 Å². The van der Waals surface area contributed by atoms with Gasteiger partial charge in [-0.05, 0) is 61.4 Å². The van der Waals surface area contributed by atoms with Crippen molar-refractivity contribution >= 4 is 17.7 Å². The smallest absolute Gasteiger partial charge is 0.251 e. The highest BCUT2D eigenvalue weighted by molar-refractivity contribution is 5.95. The van der Waals surface area contributed by atoms with Crippen LogP contribution in [0.3, 0.4) is 0 Å². The average molecular weight is 510 g/mol. The van der Waals surface area contributed by atoms with Crippen molar-refractivity contribution in [1.82, 2.24) is 15.5 Å². The van der Waals surface area contributed by atoms with Gasteiger partial charge in [0.05, 0.1) is 11.3 Å². The summed E-state index contributed by atoms with van der Waals surface area (Å²) in [6, 6.07) is 27.2. The first-order valence-electron chi connectivity index (χ1n) is 13.6. The standard InChI is InChI=1S/C32H35N3O3/c1-2-33-31(38)32(24-13-7-4-8-14-24)20-17-27(26-15-9-10-16-28(26)32)30(37)35-21-18-25(19-22-35)34-29(36)23-11-5-3-6-12-23/h3-16,25,27H,2,17-22H2,1H3,(H,33,38)(H,34,36)/t27-,32?/m1/s1. The second-order valence-electron chi connectivity index (χ2n) is 10.2. The van der Waals surface area contributed by atoms with E-state index in [0.717, 1.165) is 29.5 Å².